The average Bonchev–Trinajstić information content (AvgIpc) is 2.14. The number of rotatable bonds is 1. The van der Waals surface area contributed by atoms with E-state index in [2.05, 4.69) is 10.2 Å². The third-order valence-electron chi connectivity index (χ3n) is 1.15. The molecule has 0 unspecified atom stereocenters. The van der Waals surface area contributed by atoms with E-state index in [1.807, 2.05) is 6.92 Å². The van der Waals surface area contributed by atoms with E-state index in [4.69, 9.17) is 5.73 Å². The van der Waals surface area contributed by atoms with Crippen molar-refractivity contribution < 1.29 is 0 Å². The van der Waals surface area contributed by atoms with Gasteiger partial charge in [-0.15, -0.1) is 24.8 Å². The van der Waals surface area contributed by atoms with Gasteiger partial charge in [-0.1, -0.05) is 0 Å². The lowest BCUT2D eigenvalue weighted by Crippen LogP contribution is -1.95. The molecule has 10 heavy (non-hydrogen) atoms. The van der Waals surface area contributed by atoms with Gasteiger partial charge >= 0.3 is 0 Å². The number of nitrogens with zero attached hydrogens (tertiary/aromatic N) is 1. The zero-order chi connectivity index (χ0) is 5.98. The summed E-state index contributed by atoms with van der Waals surface area (Å²) in [5.74, 6) is 0. The molecular weight excluding hydrogens is 173 g/mol. The molecule has 0 saturated carbocycles. The number of hydrogen-bond acceptors (Lipinski definition) is 2. The van der Waals surface area contributed by atoms with Crippen molar-refractivity contribution in [3.63, 3.8) is 0 Å². The van der Waals surface area contributed by atoms with Crippen LogP contribution in [0.15, 0.2) is 6.20 Å². The molecule has 1 aromatic heterocycles. The molecule has 3 N–H and O–H groups in total. The Morgan fingerprint density at radius 1 is 1.60 bits per heavy atom. The Labute approximate surface area is 72.2 Å². The second kappa shape index (κ2) is 5.53. The van der Waals surface area contributed by atoms with E-state index >= 15 is 0 Å². The lowest BCUT2D eigenvalue weighted by molar-refractivity contribution is 1.02. The van der Waals surface area contributed by atoms with Crippen LogP contribution in [0.3, 0.4) is 0 Å². The van der Waals surface area contributed by atoms with Gasteiger partial charge in [0.1, 0.15) is 0 Å². The topological polar surface area (TPSA) is 54.7 Å². The van der Waals surface area contributed by atoms with E-state index in [1.54, 1.807) is 6.20 Å². The molecule has 1 rings (SSSR count). The quantitative estimate of drug-likeness (QED) is 0.684. The Balaban J connectivity index is 0. The predicted molar refractivity (Wildman–Crippen MR) is 45.7 cm³/mol. The Hall–Kier alpha value is -0.250. The van der Waals surface area contributed by atoms with Crippen LogP contribution in [0.1, 0.15) is 11.3 Å². The molecule has 0 aliphatic heterocycles. The van der Waals surface area contributed by atoms with Crippen molar-refractivity contribution in [1.82, 2.24) is 10.2 Å². The minimum Gasteiger partial charge on any atom is -0.326 e. The summed E-state index contributed by atoms with van der Waals surface area (Å²) in [6, 6.07) is 0. The first-order valence-electron chi connectivity index (χ1n) is 2.53. The predicted octanol–water partition coefficient (Wildman–Crippen LogP) is 1.02. The molecule has 0 saturated heterocycles. The normalized spacial score (nSPS) is 7.80. The Kier molecular flexibility index (Phi) is 6.87. The fourth-order valence-corrected chi connectivity index (χ4v) is 0.581. The molecule has 0 fully saturated rings. The Morgan fingerprint density at radius 3 is 2.40 bits per heavy atom. The number of aromatic nitrogens is 2. The second-order valence-electron chi connectivity index (χ2n) is 1.72. The molecule has 1 heterocycles. The van der Waals surface area contributed by atoms with Gasteiger partial charge in [-0.25, -0.2) is 0 Å². The molecule has 60 valence electrons. The van der Waals surface area contributed by atoms with Crippen LogP contribution in [0.5, 0.6) is 0 Å². The first-order valence-corrected chi connectivity index (χ1v) is 2.53. The monoisotopic (exact) mass is 183 g/mol. The molecular formula is C5H11Cl2N3. The molecule has 0 aliphatic rings. The minimum atomic E-state index is 0. The molecule has 0 atom stereocenters. The number of H-pyrrole nitrogens is 1. The number of nitrogens with one attached hydrogen (secondary N) is 1. The van der Waals surface area contributed by atoms with Gasteiger partial charge in [0.2, 0.25) is 0 Å². The van der Waals surface area contributed by atoms with E-state index < -0.39 is 0 Å². The molecule has 0 aromatic carbocycles. The number of aryl methyl sites for hydroxylation is 1. The van der Waals surface area contributed by atoms with Crippen molar-refractivity contribution in [2.75, 3.05) is 0 Å². The van der Waals surface area contributed by atoms with Gasteiger partial charge in [0.25, 0.3) is 0 Å². The summed E-state index contributed by atoms with van der Waals surface area (Å²) < 4.78 is 0. The van der Waals surface area contributed by atoms with Crippen molar-refractivity contribution >= 4 is 24.8 Å². The summed E-state index contributed by atoms with van der Waals surface area (Å²) >= 11 is 0. The standard InChI is InChI=1S/C5H9N3.2ClH/c1-4-5(2-6)3-7-8-4;;/h3H,2,6H2,1H3,(H,7,8);2*1H. The number of aromatic amines is 1. The fourth-order valence-electron chi connectivity index (χ4n) is 0.581. The summed E-state index contributed by atoms with van der Waals surface area (Å²) in [5, 5.41) is 6.58. The molecule has 5 heteroatoms. The maximum Gasteiger partial charge on any atom is 0.0534 e. The molecule has 0 bridgehead atoms. The van der Waals surface area contributed by atoms with Crippen LogP contribution >= 0.6 is 24.8 Å². The van der Waals surface area contributed by atoms with Crippen LogP contribution in [0.25, 0.3) is 0 Å². The van der Waals surface area contributed by atoms with Gasteiger partial charge in [-0.2, -0.15) is 5.10 Å². The van der Waals surface area contributed by atoms with Crippen LogP contribution in [-0.4, -0.2) is 10.2 Å². The van der Waals surface area contributed by atoms with Gasteiger partial charge in [-0.3, -0.25) is 5.10 Å². The number of halogens is 2. The maximum atomic E-state index is 5.34. The lowest BCUT2D eigenvalue weighted by atomic mass is 10.3. The van der Waals surface area contributed by atoms with Gasteiger partial charge in [-0.05, 0) is 6.92 Å². The highest BCUT2D eigenvalue weighted by Gasteiger charge is 1.93. The molecule has 0 spiro atoms. The van der Waals surface area contributed by atoms with Crippen LogP contribution in [-0.2, 0) is 6.54 Å². The van der Waals surface area contributed by atoms with Gasteiger partial charge < -0.3 is 5.73 Å². The van der Waals surface area contributed by atoms with Gasteiger partial charge in [0.15, 0.2) is 0 Å². The molecule has 3 nitrogen and oxygen atoms in total. The van der Waals surface area contributed by atoms with Crippen LogP contribution in [0.2, 0.25) is 0 Å². The third-order valence-corrected chi connectivity index (χ3v) is 1.15. The van der Waals surface area contributed by atoms with E-state index in [1.165, 1.54) is 0 Å². The third kappa shape index (κ3) is 2.56. The largest absolute Gasteiger partial charge is 0.326 e. The zero-order valence-electron chi connectivity index (χ0n) is 5.63. The van der Waals surface area contributed by atoms with Crippen molar-refractivity contribution in [1.29, 1.82) is 0 Å². The summed E-state index contributed by atoms with van der Waals surface area (Å²) in [6.07, 6.45) is 1.75. The van der Waals surface area contributed by atoms with Crippen molar-refractivity contribution in [3.8, 4) is 0 Å². The van der Waals surface area contributed by atoms with Crippen molar-refractivity contribution in [2.24, 2.45) is 5.73 Å². The molecule has 0 aliphatic carbocycles. The van der Waals surface area contributed by atoms with E-state index in [0.29, 0.717) is 6.54 Å². The van der Waals surface area contributed by atoms with E-state index in [9.17, 15) is 0 Å². The SMILES string of the molecule is Cc1[nH]ncc1CN.Cl.Cl. The second-order valence-corrected chi connectivity index (χ2v) is 1.72. The van der Waals surface area contributed by atoms with E-state index in [0.717, 1.165) is 11.3 Å². The van der Waals surface area contributed by atoms with Crippen LogP contribution in [0, 0.1) is 6.92 Å². The number of nitrogens with two attached hydrogens (primary N) is 1. The average molecular weight is 184 g/mol. The first kappa shape index (κ1) is 12.4. The highest BCUT2D eigenvalue weighted by molar-refractivity contribution is 5.85. The Bertz CT molecular complexity index is 175. The zero-order valence-corrected chi connectivity index (χ0v) is 7.26. The highest BCUT2D eigenvalue weighted by atomic mass is 35.5. The van der Waals surface area contributed by atoms with Gasteiger partial charge in [0.05, 0.1) is 6.20 Å². The maximum absolute atomic E-state index is 5.34. The lowest BCUT2D eigenvalue weighted by Gasteiger charge is -1.86. The Morgan fingerprint density at radius 2 is 2.20 bits per heavy atom. The summed E-state index contributed by atoms with van der Waals surface area (Å²) in [6.45, 7) is 2.53. The smallest absolute Gasteiger partial charge is 0.0534 e. The van der Waals surface area contributed by atoms with Crippen molar-refractivity contribution in [2.45, 2.75) is 13.5 Å². The molecule has 0 radical (unpaired) electrons. The fraction of sp³-hybridized carbons (Fsp3) is 0.400. The summed E-state index contributed by atoms with van der Waals surface area (Å²) in [5.41, 5.74) is 7.49. The minimum absolute atomic E-state index is 0. The van der Waals surface area contributed by atoms with Crippen LogP contribution in [0.4, 0.5) is 0 Å². The van der Waals surface area contributed by atoms with Crippen molar-refractivity contribution in [3.05, 3.63) is 17.5 Å². The number of hydrogen-bond donors (Lipinski definition) is 2. The van der Waals surface area contributed by atoms with Crippen LogP contribution < -0.4 is 5.73 Å². The summed E-state index contributed by atoms with van der Waals surface area (Å²) in [7, 11) is 0. The molecule has 1 aromatic rings. The highest BCUT2D eigenvalue weighted by Crippen LogP contribution is 1.98. The van der Waals surface area contributed by atoms with E-state index in [-0.39, 0.29) is 24.8 Å². The molecule has 0 amide bonds. The summed E-state index contributed by atoms with van der Waals surface area (Å²) in [4.78, 5) is 0. The first-order chi connectivity index (χ1) is 3.84. The van der Waals surface area contributed by atoms with Gasteiger partial charge in [0, 0.05) is 17.8 Å².